The van der Waals surface area contributed by atoms with E-state index >= 15 is 0 Å². The number of hydrogen-bond donors (Lipinski definition) is 1. The predicted octanol–water partition coefficient (Wildman–Crippen LogP) is 3.05. The summed E-state index contributed by atoms with van der Waals surface area (Å²) in [4.78, 5) is 31.0. The van der Waals surface area contributed by atoms with E-state index in [9.17, 15) is 4.79 Å². The van der Waals surface area contributed by atoms with Crippen molar-refractivity contribution in [2.45, 2.75) is 6.54 Å². The third kappa shape index (κ3) is 7.70. The molecule has 0 bridgehead atoms. The Morgan fingerprint density at radius 1 is 0.941 bits per heavy atom. The maximum absolute atomic E-state index is 11.1. The number of hydrogen-bond acceptors (Lipinski definition) is 7. The molecule has 0 unspecified atom stereocenters. The summed E-state index contributed by atoms with van der Waals surface area (Å²) in [5.41, 5.74) is 9.56. The van der Waals surface area contributed by atoms with Crippen LogP contribution in [-0.4, -0.2) is 65.5 Å². The first-order valence-electron chi connectivity index (χ1n) is 10.4. The lowest BCUT2D eigenvalue weighted by Gasteiger charge is -2.35. The molecule has 1 aliphatic rings. The van der Waals surface area contributed by atoms with E-state index in [4.69, 9.17) is 5.73 Å². The summed E-state index contributed by atoms with van der Waals surface area (Å²) in [5, 5.41) is 0. The zero-order chi connectivity index (χ0) is 21.6. The molecular weight excluding hydrogens is 497 g/mol. The topological polar surface area (TPSA) is 91.5 Å². The molecule has 1 aromatic carbocycles. The van der Waals surface area contributed by atoms with Gasteiger partial charge in [-0.2, -0.15) is 0 Å². The standard InChI is InChI=1S/C23H27N7O.3ClH/c1-28(17-22(24)31)16-18-4-2-5-19(12-18)20-13-26-23(27-14-20)30-10-8-29(9-11-30)21-6-3-7-25-15-21;;;/h2-7,12-15H,8-11,16-17H2,1H3,(H2,24,31);3*1H. The summed E-state index contributed by atoms with van der Waals surface area (Å²) in [7, 11) is 1.88. The quantitative estimate of drug-likeness (QED) is 0.506. The van der Waals surface area contributed by atoms with Crippen molar-refractivity contribution in [2.24, 2.45) is 5.73 Å². The molecular formula is C23H30Cl3N7O. The highest BCUT2D eigenvalue weighted by Crippen LogP contribution is 2.22. The molecule has 1 fully saturated rings. The molecule has 3 aromatic rings. The number of nitrogens with zero attached hydrogens (tertiary/aromatic N) is 6. The van der Waals surface area contributed by atoms with Gasteiger partial charge in [0.2, 0.25) is 11.9 Å². The number of primary amides is 1. The monoisotopic (exact) mass is 525 g/mol. The average molecular weight is 527 g/mol. The summed E-state index contributed by atoms with van der Waals surface area (Å²) in [6.07, 6.45) is 7.45. The Morgan fingerprint density at radius 2 is 1.62 bits per heavy atom. The number of likely N-dealkylation sites (N-methyl/N-ethyl adjacent to an activating group) is 1. The maximum atomic E-state index is 11.1. The summed E-state index contributed by atoms with van der Waals surface area (Å²) in [5.74, 6) is 0.427. The largest absolute Gasteiger partial charge is 0.369 e. The van der Waals surface area contributed by atoms with Crippen molar-refractivity contribution in [3.05, 3.63) is 66.7 Å². The van der Waals surface area contributed by atoms with Crippen molar-refractivity contribution in [2.75, 3.05) is 49.6 Å². The lowest BCUT2D eigenvalue weighted by molar-refractivity contribution is -0.118. The second kappa shape index (κ2) is 13.9. The molecule has 0 spiro atoms. The molecule has 1 saturated heterocycles. The van der Waals surface area contributed by atoms with Crippen molar-refractivity contribution in [1.82, 2.24) is 19.9 Å². The smallest absolute Gasteiger partial charge is 0.231 e. The van der Waals surface area contributed by atoms with Crippen LogP contribution in [0.2, 0.25) is 0 Å². The van der Waals surface area contributed by atoms with Crippen LogP contribution in [0.3, 0.4) is 0 Å². The van der Waals surface area contributed by atoms with E-state index in [0.29, 0.717) is 6.54 Å². The number of aromatic nitrogens is 3. The van der Waals surface area contributed by atoms with Crippen molar-refractivity contribution in [3.8, 4) is 11.1 Å². The number of nitrogens with two attached hydrogens (primary N) is 1. The number of carbonyl (C=O) groups excluding carboxylic acids is 1. The molecule has 2 N–H and O–H groups in total. The number of anilines is 2. The van der Waals surface area contributed by atoms with Gasteiger partial charge in [-0.25, -0.2) is 9.97 Å². The second-order valence-corrected chi connectivity index (χ2v) is 7.80. The van der Waals surface area contributed by atoms with Crippen LogP contribution in [0.5, 0.6) is 0 Å². The summed E-state index contributed by atoms with van der Waals surface area (Å²) >= 11 is 0. The van der Waals surface area contributed by atoms with Gasteiger partial charge in [-0.05, 0) is 36.4 Å². The lowest BCUT2D eigenvalue weighted by atomic mass is 10.1. The lowest BCUT2D eigenvalue weighted by Crippen LogP contribution is -2.47. The third-order valence-electron chi connectivity index (χ3n) is 5.35. The van der Waals surface area contributed by atoms with Gasteiger partial charge in [-0.1, -0.05) is 18.2 Å². The highest BCUT2D eigenvalue weighted by molar-refractivity contribution is 5.86. The van der Waals surface area contributed by atoms with Gasteiger partial charge in [0, 0.05) is 56.9 Å². The molecule has 0 saturated carbocycles. The molecule has 0 radical (unpaired) electrons. The van der Waals surface area contributed by atoms with Gasteiger partial charge < -0.3 is 15.5 Å². The SMILES string of the molecule is CN(CC(N)=O)Cc1cccc(-c2cnc(N3CCN(c4cccnc4)CC3)nc2)c1.Cl.Cl.Cl. The molecule has 0 aliphatic carbocycles. The van der Waals surface area contributed by atoms with Crippen molar-refractivity contribution in [3.63, 3.8) is 0 Å². The Balaban J connectivity index is 0.00000193. The number of pyridine rings is 1. The highest BCUT2D eigenvalue weighted by Gasteiger charge is 2.19. The molecule has 0 atom stereocenters. The van der Waals surface area contributed by atoms with Gasteiger partial charge in [0.25, 0.3) is 0 Å². The number of amides is 1. The van der Waals surface area contributed by atoms with E-state index in [1.807, 2.05) is 54.8 Å². The van der Waals surface area contributed by atoms with E-state index in [1.165, 1.54) is 0 Å². The minimum atomic E-state index is -0.330. The minimum Gasteiger partial charge on any atom is -0.369 e. The van der Waals surface area contributed by atoms with Crippen LogP contribution in [0.1, 0.15) is 5.56 Å². The Hall–Kier alpha value is -2.65. The van der Waals surface area contributed by atoms with Crippen LogP contribution in [0.4, 0.5) is 11.6 Å². The third-order valence-corrected chi connectivity index (χ3v) is 5.35. The molecule has 184 valence electrons. The fourth-order valence-electron chi connectivity index (χ4n) is 3.82. The van der Waals surface area contributed by atoms with E-state index in [-0.39, 0.29) is 49.7 Å². The maximum Gasteiger partial charge on any atom is 0.231 e. The predicted molar refractivity (Wildman–Crippen MR) is 143 cm³/mol. The van der Waals surface area contributed by atoms with E-state index in [0.717, 1.165) is 54.5 Å². The van der Waals surface area contributed by atoms with Crippen LogP contribution in [-0.2, 0) is 11.3 Å². The van der Waals surface area contributed by atoms with Gasteiger partial charge >= 0.3 is 0 Å². The van der Waals surface area contributed by atoms with E-state index in [2.05, 4.69) is 36.9 Å². The van der Waals surface area contributed by atoms with Gasteiger partial charge in [0.05, 0.1) is 18.4 Å². The molecule has 8 nitrogen and oxygen atoms in total. The van der Waals surface area contributed by atoms with Crippen molar-refractivity contribution < 1.29 is 4.79 Å². The number of piperazine rings is 1. The first-order chi connectivity index (χ1) is 15.1. The summed E-state index contributed by atoms with van der Waals surface area (Å²) in [6.45, 7) is 4.45. The molecule has 2 aromatic heterocycles. The normalized spacial score (nSPS) is 12.9. The average Bonchev–Trinajstić information content (AvgIpc) is 2.79. The minimum absolute atomic E-state index is 0. The van der Waals surface area contributed by atoms with Crippen LogP contribution >= 0.6 is 37.2 Å². The fraction of sp³-hybridized carbons (Fsp3) is 0.304. The van der Waals surface area contributed by atoms with Gasteiger partial charge in [-0.3, -0.25) is 14.7 Å². The Labute approximate surface area is 218 Å². The molecule has 1 aliphatic heterocycles. The van der Waals surface area contributed by atoms with Gasteiger partial charge in [0.1, 0.15) is 0 Å². The Morgan fingerprint density at radius 3 is 2.24 bits per heavy atom. The van der Waals surface area contributed by atoms with Crippen LogP contribution in [0, 0.1) is 0 Å². The Bertz CT molecular complexity index is 1020. The van der Waals surface area contributed by atoms with Crippen molar-refractivity contribution in [1.29, 1.82) is 0 Å². The molecule has 4 rings (SSSR count). The summed E-state index contributed by atoms with van der Waals surface area (Å²) in [6, 6.07) is 12.2. The zero-order valence-electron chi connectivity index (χ0n) is 18.9. The zero-order valence-corrected chi connectivity index (χ0v) is 21.4. The van der Waals surface area contributed by atoms with E-state index in [1.54, 1.807) is 6.20 Å². The van der Waals surface area contributed by atoms with E-state index < -0.39 is 0 Å². The second-order valence-electron chi connectivity index (χ2n) is 7.80. The summed E-state index contributed by atoms with van der Waals surface area (Å²) < 4.78 is 0. The number of halogens is 3. The Kier molecular flexibility index (Phi) is 12.0. The molecule has 1 amide bonds. The number of rotatable bonds is 7. The molecule has 11 heteroatoms. The fourth-order valence-corrected chi connectivity index (χ4v) is 3.82. The van der Waals surface area contributed by atoms with Crippen LogP contribution in [0.15, 0.2) is 61.2 Å². The molecule has 34 heavy (non-hydrogen) atoms. The van der Waals surface area contributed by atoms with Crippen LogP contribution in [0.25, 0.3) is 11.1 Å². The van der Waals surface area contributed by atoms with Crippen LogP contribution < -0.4 is 15.5 Å². The van der Waals surface area contributed by atoms with Gasteiger partial charge in [0.15, 0.2) is 0 Å². The molecule has 3 heterocycles. The number of carbonyl (C=O) groups is 1. The van der Waals surface area contributed by atoms with Crippen molar-refractivity contribution >= 4 is 54.8 Å². The highest BCUT2D eigenvalue weighted by atomic mass is 35.5. The first kappa shape index (κ1) is 29.4. The van der Waals surface area contributed by atoms with Gasteiger partial charge in [-0.15, -0.1) is 37.2 Å². The number of benzene rings is 1. The first-order valence-corrected chi connectivity index (χ1v) is 10.4.